The zero-order valence-corrected chi connectivity index (χ0v) is 31.0. The van der Waals surface area contributed by atoms with Gasteiger partial charge in [-0.3, -0.25) is 18.9 Å². The first-order chi connectivity index (χ1) is 24.6. The number of benzene rings is 1. The highest BCUT2D eigenvalue weighted by molar-refractivity contribution is 7.52. The standard InChI is InChI=1S/C35H47N6O10P/c1-19(2)30(42)47-28-27(25-16-17-26-29(37)38-18-39-41(25)26)48-34(6)33(35(28,34)49-31(43)20(3)4)51-52(45,50-24-10-8-7-9-11-24)40-21(5)32(44)46-23-14-12-22(36)13-15-23/h7-11,16-23,27-28,33H,12-15,36H2,1-6H3,(H,40,45)(H2,37,38,39)/t21-,22-,23-,27-,28-,33?,34+,35+,52?/m0/s1. The predicted octanol–water partition coefficient (Wildman–Crippen LogP) is 4.02. The normalized spacial score (nSPS) is 30.0. The van der Waals surface area contributed by atoms with Crippen molar-refractivity contribution in [2.45, 2.75) is 115 Å². The van der Waals surface area contributed by atoms with Gasteiger partial charge >= 0.3 is 25.7 Å². The molecule has 3 aromatic rings. The van der Waals surface area contributed by atoms with Gasteiger partial charge in [-0.2, -0.15) is 10.2 Å². The number of carbonyl (C=O) groups excluding carboxylic acids is 3. The van der Waals surface area contributed by atoms with E-state index >= 15 is 0 Å². The Morgan fingerprint density at radius 2 is 1.63 bits per heavy atom. The number of nitrogens with one attached hydrogen (secondary N) is 1. The maximum atomic E-state index is 14.9. The SMILES string of the molecule is CC(C)C(=O)O[C@H]1[C@H](c2ccc3c(N)ncnn23)O[C@]2(C)C(OP(=O)(N[C@@H](C)C(=O)O[C@H]3CC[C@H](N)CC3)Oc3ccccc3)[C@]12OC(=O)C(C)C. The van der Waals surface area contributed by atoms with Crippen molar-refractivity contribution in [1.82, 2.24) is 19.7 Å². The van der Waals surface area contributed by atoms with Gasteiger partial charge in [-0.25, -0.2) is 14.1 Å². The maximum Gasteiger partial charge on any atom is 0.459 e. The molecule has 1 saturated heterocycles. The fourth-order valence-electron chi connectivity index (χ4n) is 6.77. The summed E-state index contributed by atoms with van der Waals surface area (Å²) in [5.74, 6) is -2.73. The topological polar surface area (TPSA) is 218 Å². The number of para-hydroxylation sites is 1. The van der Waals surface area contributed by atoms with Crippen LogP contribution in [-0.4, -0.2) is 74.1 Å². The lowest BCUT2D eigenvalue weighted by Gasteiger charge is -2.31. The second-order valence-corrected chi connectivity index (χ2v) is 16.1. The fraction of sp³-hybridized carbons (Fsp3) is 0.571. The molecule has 1 aromatic carbocycles. The molecular formula is C35H47N6O10P. The minimum atomic E-state index is -4.54. The summed E-state index contributed by atoms with van der Waals surface area (Å²) in [5, 5.41) is 7.06. The predicted molar refractivity (Wildman–Crippen MR) is 186 cm³/mol. The van der Waals surface area contributed by atoms with Crippen molar-refractivity contribution in [2.24, 2.45) is 17.6 Å². The number of aromatic nitrogens is 3. The molecule has 6 rings (SSSR count). The molecule has 282 valence electrons. The Hall–Kier alpha value is -4.08. The molecule has 3 heterocycles. The van der Waals surface area contributed by atoms with Crippen molar-refractivity contribution in [3.05, 3.63) is 54.5 Å². The van der Waals surface area contributed by atoms with Gasteiger partial charge < -0.3 is 34.9 Å². The van der Waals surface area contributed by atoms with Crippen LogP contribution in [0.4, 0.5) is 5.82 Å². The lowest BCUT2D eigenvalue weighted by Crippen LogP contribution is -2.45. The third kappa shape index (κ3) is 7.02. The Morgan fingerprint density at radius 3 is 2.29 bits per heavy atom. The number of hydrogen-bond acceptors (Lipinski definition) is 14. The van der Waals surface area contributed by atoms with E-state index in [0.717, 1.165) is 12.8 Å². The van der Waals surface area contributed by atoms with Gasteiger partial charge in [0, 0.05) is 6.04 Å². The summed E-state index contributed by atoms with van der Waals surface area (Å²) in [5.41, 5.74) is 9.66. The molecule has 3 aliphatic rings. The van der Waals surface area contributed by atoms with Gasteiger partial charge in [-0.15, -0.1) is 0 Å². The van der Waals surface area contributed by atoms with Gasteiger partial charge in [-0.1, -0.05) is 45.9 Å². The van der Waals surface area contributed by atoms with Gasteiger partial charge in [0.15, 0.2) is 11.9 Å². The average Bonchev–Trinajstić information content (AvgIpc) is 3.36. The highest BCUT2D eigenvalue weighted by atomic mass is 31.2. The van der Waals surface area contributed by atoms with Gasteiger partial charge in [0.05, 0.1) is 17.5 Å². The van der Waals surface area contributed by atoms with E-state index in [9.17, 15) is 18.9 Å². The van der Waals surface area contributed by atoms with Crippen LogP contribution in [0.3, 0.4) is 0 Å². The maximum absolute atomic E-state index is 14.9. The Kier molecular flexibility index (Phi) is 10.4. The van der Waals surface area contributed by atoms with Gasteiger partial charge in [0.25, 0.3) is 0 Å². The number of nitrogen functional groups attached to an aromatic ring is 1. The average molecular weight is 743 g/mol. The smallest absolute Gasteiger partial charge is 0.459 e. The van der Waals surface area contributed by atoms with Crippen LogP contribution in [-0.2, 0) is 42.4 Å². The molecule has 2 aliphatic carbocycles. The van der Waals surface area contributed by atoms with Gasteiger partial charge in [0.1, 0.15) is 47.5 Å². The first kappa shape index (κ1) is 37.7. The minimum Gasteiger partial charge on any atom is -0.461 e. The second kappa shape index (κ2) is 14.4. The van der Waals surface area contributed by atoms with E-state index < -0.39 is 73.0 Å². The highest BCUT2D eigenvalue weighted by Crippen LogP contribution is 2.71. The molecule has 7 atom stereocenters. The zero-order valence-electron chi connectivity index (χ0n) is 30.1. The van der Waals surface area contributed by atoms with Crippen LogP contribution in [0.25, 0.3) is 5.52 Å². The number of fused-ring (bicyclic) bond motifs is 2. The first-order valence-electron chi connectivity index (χ1n) is 17.5. The summed E-state index contributed by atoms with van der Waals surface area (Å²) in [6.45, 7) is 9.71. The third-order valence-electron chi connectivity index (χ3n) is 9.83. The first-order valence-corrected chi connectivity index (χ1v) is 19.1. The quantitative estimate of drug-likeness (QED) is 0.128. The molecule has 0 bridgehead atoms. The van der Waals surface area contributed by atoms with Crippen molar-refractivity contribution >= 4 is 37.0 Å². The van der Waals surface area contributed by atoms with Crippen molar-refractivity contribution in [3.8, 4) is 5.75 Å². The van der Waals surface area contributed by atoms with E-state index in [1.54, 1.807) is 77.1 Å². The molecule has 1 aliphatic heterocycles. The molecule has 0 radical (unpaired) electrons. The van der Waals surface area contributed by atoms with E-state index in [1.807, 2.05) is 0 Å². The molecule has 2 unspecified atom stereocenters. The summed E-state index contributed by atoms with van der Waals surface area (Å²) in [7, 11) is -4.54. The highest BCUT2D eigenvalue weighted by Gasteiger charge is 2.91. The number of carbonyl (C=O) groups is 3. The lowest BCUT2D eigenvalue weighted by molar-refractivity contribution is -0.181. The summed E-state index contributed by atoms with van der Waals surface area (Å²) in [4.78, 5) is 44.1. The van der Waals surface area contributed by atoms with E-state index in [0.29, 0.717) is 24.1 Å². The van der Waals surface area contributed by atoms with Crippen molar-refractivity contribution < 1.29 is 46.9 Å². The molecule has 0 amide bonds. The van der Waals surface area contributed by atoms with Crippen LogP contribution in [0.5, 0.6) is 5.75 Å². The van der Waals surface area contributed by atoms with E-state index in [2.05, 4.69) is 15.2 Å². The van der Waals surface area contributed by atoms with Crippen LogP contribution in [0.2, 0.25) is 0 Å². The van der Waals surface area contributed by atoms with Crippen molar-refractivity contribution in [1.29, 1.82) is 0 Å². The number of ether oxygens (including phenoxy) is 4. The van der Waals surface area contributed by atoms with Crippen LogP contribution in [0.15, 0.2) is 48.8 Å². The molecular weight excluding hydrogens is 695 g/mol. The number of anilines is 1. The molecule has 0 spiro atoms. The van der Waals surface area contributed by atoms with Gasteiger partial charge in [0.2, 0.25) is 5.60 Å². The molecule has 52 heavy (non-hydrogen) atoms. The van der Waals surface area contributed by atoms with Crippen LogP contribution < -0.4 is 21.1 Å². The number of rotatable bonds is 13. The summed E-state index contributed by atoms with van der Waals surface area (Å²) in [6.07, 6.45) is -0.0792. The molecule has 3 fully saturated rings. The number of esters is 3. The van der Waals surface area contributed by atoms with E-state index in [-0.39, 0.29) is 23.7 Å². The van der Waals surface area contributed by atoms with Crippen molar-refractivity contribution in [2.75, 3.05) is 5.73 Å². The summed E-state index contributed by atoms with van der Waals surface area (Å²) in [6, 6.07) is 10.5. The minimum absolute atomic E-state index is 0.0585. The molecule has 2 aromatic heterocycles. The summed E-state index contributed by atoms with van der Waals surface area (Å²) < 4.78 is 53.4. The van der Waals surface area contributed by atoms with Crippen LogP contribution in [0.1, 0.15) is 79.0 Å². The number of nitrogens with two attached hydrogens (primary N) is 2. The van der Waals surface area contributed by atoms with Crippen molar-refractivity contribution in [3.63, 3.8) is 0 Å². The van der Waals surface area contributed by atoms with E-state index in [1.165, 1.54) is 17.8 Å². The largest absolute Gasteiger partial charge is 0.461 e. The fourth-order valence-corrected chi connectivity index (χ4v) is 8.55. The summed E-state index contributed by atoms with van der Waals surface area (Å²) >= 11 is 0. The Morgan fingerprint density at radius 1 is 0.962 bits per heavy atom. The molecule has 17 heteroatoms. The van der Waals surface area contributed by atoms with Crippen LogP contribution >= 0.6 is 7.75 Å². The van der Waals surface area contributed by atoms with Crippen LogP contribution in [0, 0.1) is 11.8 Å². The molecule has 16 nitrogen and oxygen atoms in total. The molecule has 2 saturated carbocycles. The third-order valence-corrected chi connectivity index (χ3v) is 11.5. The zero-order chi connectivity index (χ0) is 37.6. The monoisotopic (exact) mass is 742 g/mol. The lowest BCUT2D eigenvalue weighted by atomic mass is 9.94. The Bertz CT molecular complexity index is 1850. The molecule has 5 N–H and O–H groups in total. The Labute approximate surface area is 301 Å². The second-order valence-electron chi connectivity index (χ2n) is 14.4. The Balaban J connectivity index is 1.36. The van der Waals surface area contributed by atoms with E-state index in [4.69, 9.17) is 39.5 Å². The van der Waals surface area contributed by atoms with Gasteiger partial charge in [-0.05, 0) is 63.8 Å². The number of hydrogen-bond donors (Lipinski definition) is 3. The number of nitrogens with zero attached hydrogens (tertiary/aromatic N) is 3.